The molecule has 0 N–H and O–H groups in total. The first-order chi connectivity index (χ1) is 14.9. The van der Waals surface area contributed by atoms with Crippen LogP contribution in [-0.4, -0.2) is 55.8 Å². The Balaban J connectivity index is 1.71. The van der Waals surface area contributed by atoms with E-state index in [9.17, 15) is 4.79 Å². The zero-order valence-corrected chi connectivity index (χ0v) is 20.7. The fourth-order valence-electron chi connectivity index (χ4n) is 3.19. The van der Waals surface area contributed by atoms with Gasteiger partial charge in [0.15, 0.2) is 5.13 Å². The Bertz CT molecular complexity index is 1020. The van der Waals surface area contributed by atoms with E-state index >= 15 is 0 Å². The Hall–Kier alpha value is -1.80. The maximum atomic E-state index is 13.2. The largest absolute Gasteiger partial charge is 0.497 e. The van der Waals surface area contributed by atoms with Gasteiger partial charge < -0.3 is 9.64 Å². The summed E-state index contributed by atoms with van der Waals surface area (Å²) in [6.45, 7) is 3.57. The lowest BCUT2D eigenvalue weighted by Crippen LogP contribution is -2.33. The number of aryl methyl sites for hydroxylation is 1. The normalized spacial score (nSPS) is 11.3. The summed E-state index contributed by atoms with van der Waals surface area (Å²) >= 11 is 9.42. The van der Waals surface area contributed by atoms with E-state index in [1.165, 1.54) is 11.3 Å². The Kier molecular flexibility index (Phi) is 8.60. The zero-order valence-electron chi connectivity index (χ0n) is 18.4. The van der Waals surface area contributed by atoms with Crippen LogP contribution in [0, 0.1) is 6.92 Å². The van der Waals surface area contributed by atoms with Crippen LogP contribution in [0.15, 0.2) is 41.3 Å². The third-order valence-electron chi connectivity index (χ3n) is 4.80. The van der Waals surface area contributed by atoms with E-state index in [1.807, 2.05) is 62.3 Å². The molecule has 0 bridgehead atoms. The lowest BCUT2D eigenvalue weighted by atomic mass is 10.2. The number of carbonyl (C=O) groups is 1. The van der Waals surface area contributed by atoms with E-state index in [1.54, 1.807) is 18.9 Å². The maximum Gasteiger partial charge on any atom is 0.229 e. The molecule has 0 aliphatic heterocycles. The van der Waals surface area contributed by atoms with Crippen molar-refractivity contribution in [1.82, 2.24) is 9.88 Å². The second-order valence-corrected chi connectivity index (χ2v) is 10.2. The molecule has 5 nitrogen and oxygen atoms in total. The number of thiazole rings is 1. The highest BCUT2D eigenvalue weighted by atomic mass is 35.5. The second-order valence-electron chi connectivity index (χ2n) is 7.54. The highest BCUT2D eigenvalue weighted by molar-refractivity contribution is 7.99. The minimum Gasteiger partial charge on any atom is -0.497 e. The van der Waals surface area contributed by atoms with Crippen LogP contribution < -0.4 is 9.64 Å². The number of nitrogens with zero attached hydrogens (tertiary/aromatic N) is 3. The number of methoxy groups -OCH3 is 1. The Labute approximate surface area is 197 Å². The van der Waals surface area contributed by atoms with Crippen LogP contribution in [0.2, 0.25) is 5.02 Å². The van der Waals surface area contributed by atoms with Gasteiger partial charge in [-0.3, -0.25) is 9.69 Å². The lowest BCUT2D eigenvalue weighted by molar-refractivity contribution is -0.118. The van der Waals surface area contributed by atoms with E-state index in [4.69, 9.17) is 21.3 Å². The van der Waals surface area contributed by atoms with Crippen LogP contribution in [0.4, 0.5) is 5.13 Å². The molecule has 1 heterocycles. The first-order valence-corrected chi connectivity index (χ1v) is 12.3. The quantitative estimate of drug-likeness (QED) is 0.349. The standard InChI is InChI=1S/C23H28ClN3O2S2/c1-16-14-17(24)15-20-22(16)25-23(31-20)27(12-5-11-26(2)3)21(28)10-13-30-19-8-6-18(29-4)7-9-19/h6-9,14-15H,5,10-13H2,1-4H3. The zero-order chi connectivity index (χ0) is 22.4. The maximum absolute atomic E-state index is 13.2. The number of fused-ring (bicyclic) bond motifs is 1. The average Bonchev–Trinajstić information content (AvgIpc) is 3.15. The molecule has 3 rings (SSSR count). The Morgan fingerprint density at radius 3 is 2.61 bits per heavy atom. The van der Waals surface area contributed by atoms with Crippen molar-refractivity contribution >= 4 is 56.0 Å². The number of hydrogen-bond donors (Lipinski definition) is 0. The molecule has 1 amide bonds. The van der Waals surface area contributed by atoms with Crippen molar-refractivity contribution in [2.45, 2.75) is 24.7 Å². The molecular formula is C23H28ClN3O2S2. The molecule has 0 saturated heterocycles. The smallest absolute Gasteiger partial charge is 0.229 e. The van der Waals surface area contributed by atoms with E-state index in [-0.39, 0.29) is 5.91 Å². The molecule has 0 aliphatic carbocycles. The predicted molar refractivity (Wildman–Crippen MR) is 133 cm³/mol. The Morgan fingerprint density at radius 2 is 1.94 bits per heavy atom. The fourth-order valence-corrected chi connectivity index (χ4v) is 5.50. The summed E-state index contributed by atoms with van der Waals surface area (Å²) < 4.78 is 6.21. The summed E-state index contributed by atoms with van der Waals surface area (Å²) in [7, 11) is 5.74. The van der Waals surface area contributed by atoms with Gasteiger partial charge in [0.2, 0.25) is 5.91 Å². The van der Waals surface area contributed by atoms with Crippen molar-refractivity contribution in [1.29, 1.82) is 0 Å². The molecule has 8 heteroatoms. The van der Waals surface area contributed by atoms with Crippen molar-refractivity contribution in [3.8, 4) is 5.75 Å². The number of anilines is 1. The fraction of sp³-hybridized carbons (Fsp3) is 0.391. The second kappa shape index (κ2) is 11.2. The van der Waals surface area contributed by atoms with Crippen molar-refractivity contribution in [2.24, 2.45) is 0 Å². The molecule has 0 aliphatic rings. The van der Waals surface area contributed by atoms with Crippen LogP contribution in [0.5, 0.6) is 5.75 Å². The first-order valence-electron chi connectivity index (χ1n) is 10.2. The number of thioether (sulfide) groups is 1. The lowest BCUT2D eigenvalue weighted by Gasteiger charge is -2.21. The molecule has 0 fully saturated rings. The van der Waals surface area contributed by atoms with Gasteiger partial charge in [-0.2, -0.15) is 0 Å². The number of halogens is 1. The van der Waals surface area contributed by atoms with E-state index < -0.39 is 0 Å². The minimum atomic E-state index is 0.0996. The van der Waals surface area contributed by atoms with E-state index in [0.717, 1.165) is 44.5 Å². The summed E-state index contributed by atoms with van der Waals surface area (Å²) in [5, 5.41) is 1.44. The number of benzene rings is 2. The van der Waals surface area contributed by atoms with Crippen LogP contribution in [0.25, 0.3) is 10.2 Å². The number of aromatic nitrogens is 1. The molecule has 2 aromatic carbocycles. The van der Waals surface area contributed by atoms with Crippen molar-refractivity contribution in [2.75, 3.05) is 44.9 Å². The van der Waals surface area contributed by atoms with Crippen LogP contribution in [-0.2, 0) is 4.79 Å². The van der Waals surface area contributed by atoms with Crippen molar-refractivity contribution in [3.63, 3.8) is 0 Å². The molecule has 166 valence electrons. The van der Waals surface area contributed by atoms with Crippen LogP contribution >= 0.6 is 34.7 Å². The number of ether oxygens (including phenoxy) is 1. The molecule has 0 saturated carbocycles. The summed E-state index contributed by atoms with van der Waals surface area (Å²) in [5.41, 5.74) is 1.95. The van der Waals surface area contributed by atoms with Crippen LogP contribution in [0.3, 0.4) is 0 Å². The topological polar surface area (TPSA) is 45.7 Å². The minimum absolute atomic E-state index is 0.0996. The summed E-state index contributed by atoms with van der Waals surface area (Å²) in [6.07, 6.45) is 1.34. The number of rotatable bonds is 10. The highest BCUT2D eigenvalue weighted by Crippen LogP contribution is 2.33. The monoisotopic (exact) mass is 477 g/mol. The van der Waals surface area contributed by atoms with Gasteiger partial charge in [-0.25, -0.2) is 4.98 Å². The molecule has 31 heavy (non-hydrogen) atoms. The number of amides is 1. The number of hydrogen-bond acceptors (Lipinski definition) is 6. The third-order valence-corrected chi connectivity index (χ3v) is 7.06. The average molecular weight is 478 g/mol. The molecule has 3 aromatic rings. The first kappa shape index (κ1) is 23.9. The molecule has 0 spiro atoms. The highest BCUT2D eigenvalue weighted by Gasteiger charge is 2.20. The predicted octanol–water partition coefficient (Wildman–Crippen LogP) is 5.73. The Morgan fingerprint density at radius 1 is 1.19 bits per heavy atom. The van der Waals surface area contributed by atoms with Crippen molar-refractivity contribution in [3.05, 3.63) is 47.0 Å². The van der Waals surface area contributed by atoms with Gasteiger partial charge >= 0.3 is 0 Å². The van der Waals surface area contributed by atoms with Crippen LogP contribution in [0.1, 0.15) is 18.4 Å². The molecule has 0 atom stereocenters. The van der Waals surface area contributed by atoms with Gasteiger partial charge in [0.25, 0.3) is 0 Å². The molecule has 0 unspecified atom stereocenters. The van der Waals surface area contributed by atoms with E-state index in [2.05, 4.69) is 4.90 Å². The molecular weight excluding hydrogens is 450 g/mol. The molecule has 0 radical (unpaired) electrons. The van der Waals surface area contributed by atoms with Gasteiger partial charge in [-0.15, -0.1) is 11.8 Å². The molecule has 1 aromatic heterocycles. The van der Waals surface area contributed by atoms with Gasteiger partial charge in [-0.05, 0) is 75.9 Å². The van der Waals surface area contributed by atoms with E-state index in [0.29, 0.717) is 23.7 Å². The summed E-state index contributed by atoms with van der Waals surface area (Å²) in [5.74, 6) is 1.65. The van der Waals surface area contributed by atoms with Gasteiger partial charge in [0, 0.05) is 28.6 Å². The third kappa shape index (κ3) is 6.59. The number of carbonyl (C=O) groups excluding carboxylic acids is 1. The summed E-state index contributed by atoms with van der Waals surface area (Å²) in [4.78, 5) is 23.0. The van der Waals surface area contributed by atoms with Gasteiger partial charge in [0.1, 0.15) is 5.75 Å². The van der Waals surface area contributed by atoms with Crippen molar-refractivity contribution < 1.29 is 9.53 Å². The SMILES string of the molecule is COc1ccc(SCCC(=O)N(CCCN(C)C)c2nc3c(C)cc(Cl)cc3s2)cc1. The summed E-state index contributed by atoms with van der Waals surface area (Å²) in [6, 6.07) is 11.7. The van der Waals surface area contributed by atoms with Gasteiger partial charge in [-0.1, -0.05) is 22.9 Å². The van der Waals surface area contributed by atoms with Gasteiger partial charge in [0.05, 0.1) is 17.3 Å².